The minimum atomic E-state index is -0.288. The number of hydrogen-bond acceptors (Lipinski definition) is 3. The van der Waals surface area contributed by atoms with Crippen molar-refractivity contribution in [3.05, 3.63) is 29.8 Å². The van der Waals surface area contributed by atoms with Crippen LogP contribution in [0.2, 0.25) is 0 Å². The van der Waals surface area contributed by atoms with Crippen LogP contribution in [-0.4, -0.2) is 18.8 Å². The van der Waals surface area contributed by atoms with Crippen molar-refractivity contribution >= 4 is 0 Å². The molecule has 0 unspecified atom stereocenters. The summed E-state index contributed by atoms with van der Waals surface area (Å²) in [6.45, 7) is 11.3. The van der Waals surface area contributed by atoms with Gasteiger partial charge in [-0.15, -0.1) is 0 Å². The van der Waals surface area contributed by atoms with Gasteiger partial charge in [-0.2, -0.15) is 0 Å². The molecule has 0 aliphatic carbocycles. The molecule has 0 N–H and O–H groups in total. The van der Waals surface area contributed by atoms with Gasteiger partial charge in [-0.3, -0.25) is 0 Å². The first-order chi connectivity index (χ1) is 8.46. The maximum absolute atomic E-state index is 5.77. The fourth-order valence-electron chi connectivity index (χ4n) is 1.59. The molecule has 0 radical (unpaired) electrons. The van der Waals surface area contributed by atoms with Crippen molar-refractivity contribution in [2.75, 3.05) is 13.2 Å². The Kier molecular flexibility index (Phi) is 5.63. The smallest absolute Gasteiger partial charge is 0.183 e. The fraction of sp³-hybridized carbons (Fsp3) is 0.600. The Morgan fingerprint density at radius 1 is 0.944 bits per heavy atom. The van der Waals surface area contributed by atoms with Crippen LogP contribution in [0.15, 0.2) is 24.3 Å². The van der Waals surface area contributed by atoms with Crippen molar-refractivity contribution in [2.45, 2.75) is 46.5 Å². The van der Waals surface area contributed by atoms with E-state index in [0.29, 0.717) is 13.2 Å². The molecule has 0 bridgehead atoms. The standard InChI is InChI=1S/C15H24O3/c1-6-16-14(17-7-2)12-8-10-13(11-9-12)18-15(3,4)5/h8-11,14H,6-7H2,1-5H3. The normalized spacial score (nSPS) is 11.9. The first kappa shape index (κ1) is 15.0. The zero-order valence-electron chi connectivity index (χ0n) is 12.0. The van der Waals surface area contributed by atoms with Gasteiger partial charge >= 0.3 is 0 Å². The van der Waals surface area contributed by atoms with Crippen LogP contribution in [0.5, 0.6) is 5.75 Å². The van der Waals surface area contributed by atoms with Crippen LogP contribution in [0.1, 0.15) is 46.5 Å². The lowest BCUT2D eigenvalue weighted by molar-refractivity contribution is -0.140. The number of ether oxygens (including phenoxy) is 3. The Morgan fingerprint density at radius 3 is 1.83 bits per heavy atom. The predicted molar refractivity (Wildman–Crippen MR) is 72.8 cm³/mol. The van der Waals surface area contributed by atoms with Gasteiger partial charge in [0.1, 0.15) is 11.4 Å². The molecule has 1 aromatic rings. The first-order valence-corrected chi connectivity index (χ1v) is 6.48. The molecular formula is C15H24O3. The summed E-state index contributed by atoms with van der Waals surface area (Å²) >= 11 is 0. The van der Waals surface area contributed by atoms with E-state index in [1.165, 1.54) is 0 Å². The Balaban J connectivity index is 2.73. The Bertz CT molecular complexity index is 332. The SMILES string of the molecule is CCOC(OCC)c1ccc(OC(C)(C)C)cc1. The zero-order chi connectivity index (χ0) is 13.6. The quantitative estimate of drug-likeness (QED) is 0.718. The van der Waals surface area contributed by atoms with Crippen LogP contribution >= 0.6 is 0 Å². The van der Waals surface area contributed by atoms with E-state index in [2.05, 4.69) is 0 Å². The molecule has 0 heterocycles. The molecule has 3 heteroatoms. The molecule has 0 saturated heterocycles. The van der Waals surface area contributed by atoms with Gasteiger partial charge < -0.3 is 14.2 Å². The van der Waals surface area contributed by atoms with Gasteiger partial charge in [-0.1, -0.05) is 12.1 Å². The lowest BCUT2D eigenvalue weighted by Crippen LogP contribution is -2.22. The fourth-order valence-corrected chi connectivity index (χ4v) is 1.59. The minimum absolute atomic E-state index is 0.180. The largest absolute Gasteiger partial charge is 0.488 e. The summed E-state index contributed by atoms with van der Waals surface area (Å²) in [6.07, 6.45) is -0.288. The molecule has 0 amide bonds. The second-order valence-corrected chi connectivity index (χ2v) is 5.03. The van der Waals surface area contributed by atoms with Gasteiger partial charge in [-0.25, -0.2) is 0 Å². The lowest BCUT2D eigenvalue weighted by Gasteiger charge is -2.22. The van der Waals surface area contributed by atoms with Crippen LogP contribution < -0.4 is 4.74 Å². The van der Waals surface area contributed by atoms with Gasteiger partial charge in [0.05, 0.1) is 0 Å². The predicted octanol–water partition coefficient (Wildman–Crippen LogP) is 3.94. The Morgan fingerprint density at radius 2 is 1.44 bits per heavy atom. The monoisotopic (exact) mass is 252 g/mol. The molecule has 0 spiro atoms. The second kappa shape index (κ2) is 6.76. The molecule has 1 rings (SSSR count). The molecule has 18 heavy (non-hydrogen) atoms. The van der Waals surface area contributed by atoms with Crippen molar-refractivity contribution in [3.63, 3.8) is 0 Å². The van der Waals surface area contributed by atoms with Crippen LogP contribution in [0, 0.1) is 0 Å². The summed E-state index contributed by atoms with van der Waals surface area (Å²) in [4.78, 5) is 0. The van der Waals surface area contributed by atoms with Gasteiger partial charge in [-0.05, 0) is 46.8 Å². The number of hydrogen-bond donors (Lipinski definition) is 0. The molecule has 0 aliphatic rings. The van der Waals surface area contributed by atoms with Crippen molar-refractivity contribution in [1.82, 2.24) is 0 Å². The van der Waals surface area contributed by atoms with E-state index in [-0.39, 0.29) is 11.9 Å². The minimum Gasteiger partial charge on any atom is -0.488 e. The van der Waals surface area contributed by atoms with E-state index < -0.39 is 0 Å². The summed E-state index contributed by atoms with van der Waals surface area (Å²) in [7, 11) is 0. The van der Waals surface area contributed by atoms with Gasteiger partial charge in [0.25, 0.3) is 0 Å². The van der Waals surface area contributed by atoms with E-state index in [9.17, 15) is 0 Å². The molecule has 0 atom stereocenters. The topological polar surface area (TPSA) is 27.7 Å². The highest BCUT2D eigenvalue weighted by molar-refractivity contribution is 5.28. The van der Waals surface area contributed by atoms with E-state index in [1.54, 1.807) is 0 Å². The van der Waals surface area contributed by atoms with Crippen LogP contribution in [-0.2, 0) is 9.47 Å². The molecule has 1 aromatic carbocycles. The Hall–Kier alpha value is -1.06. The molecule has 0 aliphatic heterocycles. The third kappa shape index (κ3) is 5.07. The highest BCUT2D eigenvalue weighted by Gasteiger charge is 2.14. The number of rotatable bonds is 6. The van der Waals surface area contributed by atoms with Crippen LogP contribution in [0.25, 0.3) is 0 Å². The molecule has 0 saturated carbocycles. The summed E-state index contributed by atoms with van der Waals surface area (Å²) < 4.78 is 16.9. The highest BCUT2D eigenvalue weighted by atomic mass is 16.7. The summed E-state index contributed by atoms with van der Waals surface area (Å²) in [5.41, 5.74) is 0.834. The molecule has 0 aromatic heterocycles. The molecule has 102 valence electrons. The average Bonchev–Trinajstić information content (AvgIpc) is 2.28. The maximum Gasteiger partial charge on any atom is 0.183 e. The van der Waals surface area contributed by atoms with E-state index in [4.69, 9.17) is 14.2 Å². The van der Waals surface area contributed by atoms with Gasteiger partial charge in [0.2, 0.25) is 0 Å². The van der Waals surface area contributed by atoms with Crippen molar-refractivity contribution in [3.8, 4) is 5.75 Å². The third-order valence-corrected chi connectivity index (χ3v) is 2.21. The Labute approximate surface area is 110 Å². The van der Waals surface area contributed by atoms with Crippen LogP contribution in [0.3, 0.4) is 0 Å². The second-order valence-electron chi connectivity index (χ2n) is 5.03. The number of benzene rings is 1. The van der Waals surface area contributed by atoms with Crippen molar-refractivity contribution < 1.29 is 14.2 Å². The van der Waals surface area contributed by atoms with Crippen molar-refractivity contribution in [1.29, 1.82) is 0 Å². The first-order valence-electron chi connectivity index (χ1n) is 6.48. The van der Waals surface area contributed by atoms with Crippen LogP contribution in [0.4, 0.5) is 0 Å². The summed E-state index contributed by atoms with van der Waals surface area (Å²) in [5, 5.41) is 0. The maximum atomic E-state index is 5.77. The highest BCUT2D eigenvalue weighted by Crippen LogP contribution is 2.24. The summed E-state index contributed by atoms with van der Waals surface area (Å²) in [5.74, 6) is 0.859. The molecule has 3 nitrogen and oxygen atoms in total. The van der Waals surface area contributed by atoms with E-state index in [0.717, 1.165) is 11.3 Å². The molecular weight excluding hydrogens is 228 g/mol. The van der Waals surface area contributed by atoms with Gasteiger partial charge in [0.15, 0.2) is 6.29 Å². The van der Waals surface area contributed by atoms with E-state index in [1.807, 2.05) is 58.9 Å². The average molecular weight is 252 g/mol. The molecule has 0 fully saturated rings. The third-order valence-electron chi connectivity index (χ3n) is 2.21. The summed E-state index contributed by atoms with van der Waals surface area (Å²) in [6, 6.07) is 7.87. The lowest BCUT2D eigenvalue weighted by atomic mass is 10.1. The van der Waals surface area contributed by atoms with Gasteiger partial charge in [0, 0.05) is 18.8 Å². The zero-order valence-corrected chi connectivity index (χ0v) is 12.0. The van der Waals surface area contributed by atoms with Crippen molar-refractivity contribution in [2.24, 2.45) is 0 Å². The van der Waals surface area contributed by atoms with E-state index >= 15 is 0 Å².